The van der Waals surface area contributed by atoms with Crippen molar-refractivity contribution in [3.05, 3.63) is 49.8 Å². The van der Waals surface area contributed by atoms with Gasteiger partial charge in [-0.2, -0.15) is 0 Å². The fourth-order valence-electron chi connectivity index (χ4n) is 2.06. The van der Waals surface area contributed by atoms with Crippen molar-refractivity contribution >= 4 is 5.69 Å². The summed E-state index contributed by atoms with van der Waals surface area (Å²) in [5.41, 5.74) is 3.03. The Labute approximate surface area is 113 Å². The highest BCUT2D eigenvalue weighted by atomic mass is 16.2. The predicted octanol–water partition coefficient (Wildman–Crippen LogP) is 2.78. The van der Waals surface area contributed by atoms with Gasteiger partial charge in [-0.15, -0.1) is 0 Å². The lowest BCUT2D eigenvalue weighted by Gasteiger charge is -2.24. The Hall–Kier alpha value is -1.90. The largest absolute Gasteiger partial charge is 0.377 e. The molecule has 0 aliphatic heterocycles. The van der Waals surface area contributed by atoms with Crippen LogP contribution in [0, 0.1) is 13.8 Å². The average molecular weight is 257 g/mol. The van der Waals surface area contributed by atoms with Crippen LogP contribution in [0.15, 0.2) is 27.8 Å². The van der Waals surface area contributed by atoms with Gasteiger partial charge < -0.3 is 5.32 Å². The first-order chi connectivity index (χ1) is 8.70. The Morgan fingerprint density at radius 3 is 2.11 bits per heavy atom. The summed E-state index contributed by atoms with van der Waals surface area (Å²) in [6.07, 6.45) is 0. The standard InChI is InChI=1S/C16H19NO2/c1-9-6-7-11(8-10(9)2)12-13(15(19)14(12)18)17-16(3,4)5/h6-8,17H,1-5H3. The molecular weight excluding hydrogens is 238 g/mol. The van der Waals surface area contributed by atoms with Crippen molar-refractivity contribution in [2.45, 2.75) is 40.2 Å². The van der Waals surface area contributed by atoms with Crippen molar-refractivity contribution in [3.8, 4) is 11.1 Å². The molecule has 0 unspecified atom stereocenters. The Bertz CT molecular complexity index is 698. The average Bonchev–Trinajstić information content (AvgIpc) is 2.31. The van der Waals surface area contributed by atoms with Crippen LogP contribution >= 0.6 is 0 Å². The number of aryl methyl sites for hydroxylation is 2. The molecule has 0 saturated carbocycles. The molecule has 0 heterocycles. The molecule has 0 aliphatic carbocycles. The third kappa shape index (κ3) is 2.46. The number of nitrogens with one attached hydrogen (secondary N) is 1. The lowest BCUT2D eigenvalue weighted by atomic mass is 9.94. The Balaban J connectivity index is 2.52. The monoisotopic (exact) mass is 257 g/mol. The third-order valence-corrected chi connectivity index (χ3v) is 3.21. The molecule has 0 saturated heterocycles. The molecule has 100 valence electrons. The maximum Gasteiger partial charge on any atom is 0.250 e. The molecule has 0 fully saturated rings. The van der Waals surface area contributed by atoms with Gasteiger partial charge in [0.1, 0.15) is 0 Å². The first-order valence-electron chi connectivity index (χ1n) is 6.40. The lowest BCUT2D eigenvalue weighted by molar-refractivity contribution is 0.632. The second kappa shape index (κ2) is 4.34. The van der Waals surface area contributed by atoms with E-state index < -0.39 is 10.9 Å². The van der Waals surface area contributed by atoms with Gasteiger partial charge >= 0.3 is 0 Å². The van der Waals surface area contributed by atoms with Gasteiger partial charge in [-0.05, 0) is 51.3 Å². The zero-order valence-electron chi connectivity index (χ0n) is 12.0. The van der Waals surface area contributed by atoms with E-state index in [0.29, 0.717) is 11.3 Å². The van der Waals surface area contributed by atoms with Crippen molar-refractivity contribution in [2.24, 2.45) is 0 Å². The summed E-state index contributed by atoms with van der Waals surface area (Å²) < 4.78 is 0. The fourth-order valence-corrected chi connectivity index (χ4v) is 2.06. The van der Waals surface area contributed by atoms with E-state index in [1.54, 1.807) is 0 Å². The minimum Gasteiger partial charge on any atom is -0.377 e. The van der Waals surface area contributed by atoms with Crippen LogP contribution in [-0.2, 0) is 0 Å². The van der Waals surface area contributed by atoms with Crippen LogP contribution in [0.5, 0.6) is 0 Å². The van der Waals surface area contributed by atoms with Crippen LogP contribution in [0.4, 0.5) is 5.69 Å². The van der Waals surface area contributed by atoms with Gasteiger partial charge in [-0.3, -0.25) is 9.59 Å². The third-order valence-electron chi connectivity index (χ3n) is 3.21. The van der Waals surface area contributed by atoms with E-state index in [1.165, 1.54) is 5.56 Å². The smallest absolute Gasteiger partial charge is 0.250 e. The van der Waals surface area contributed by atoms with Crippen LogP contribution in [0.2, 0.25) is 0 Å². The molecule has 19 heavy (non-hydrogen) atoms. The summed E-state index contributed by atoms with van der Waals surface area (Å²) in [6.45, 7) is 9.92. The molecule has 2 rings (SSSR count). The molecule has 0 bridgehead atoms. The molecule has 0 radical (unpaired) electrons. The SMILES string of the molecule is Cc1ccc(-c2c(NC(C)(C)C)c(=O)c2=O)cc1C. The fraction of sp³-hybridized carbons (Fsp3) is 0.375. The van der Waals surface area contributed by atoms with Crippen molar-refractivity contribution in [3.63, 3.8) is 0 Å². The first kappa shape index (κ1) is 13.5. The van der Waals surface area contributed by atoms with Gasteiger partial charge in [-0.25, -0.2) is 0 Å². The van der Waals surface area contributed by atoms with E-state index >= 15 is 0 Å². The van der Waals surface area contributed by atoms with Crippen molar-refractivity contribution in [2.75, 3.05) is 5.32 Å². The highest BCUT2D eigenvalue weighted by molar-refractivity contribution is 5.82. The maximum atomic E-state index is 11.8. The summed E-state index contributed by atoms with van der Waals surface area (Å²) in [4.78, 5) is 23.5. The van der Waals surface area contributed by atoms with E-state index in [2.05, 4.69) is 5.32 Å². The van der Waals surface area contributed by atoms with Gasteiger partial charge in [0.05, 0.1) is 11.3 Å². The number of hydrogen-bond donors (Lipinski definition) is 1. The molecule has 0 amide bonds. The van der Waals surface area contributed by atoms with E-state index in [-0.39, 0.29) is 5.54 Å². The predicted molar refractivity (Wildman–Crippen MR) is 79.6 cm³/mol. The normalized spacial score (nSPS) is 11.8. The summed E-state index contributed by atoms with van der Waals surface area (Å²) >= 11 is 0. The van der Waals surface area contributed by atoms with Crippen molar-refractivity contribution in [1.29, 1.82) is 0 Å². The maximum absolute atomic E-state index is 11.8. The summed E-state index contributed by atoms with van der Waals surface area (Å²) in [5.74, 6) is 0. The number of rotatable bonds is 2. The number of hydrogen-bond acceptors (Lipinski definition) is 3. The highest BCUT2D eigenvalue weighted by Crippen LogP contribution is 2.27. The topological polar surface area (TPSA) is 46.2 Å². The number of benzene rings is 1. The lowest BCUT2D eigenvalue weighted by Crippen LogP contribution is -2.41. The molecule has 0 atom stereocenters. The first-order valence-corrected chi connectivity index (χ1v) is 6.40. The molecule has 0 aromatic heterocycles. The Kier molecular flexibility index (Phi) is 3.09. The minimum absolute atomic E-state index is 0.239. The minimum atomic E-state index is -0.414. The summed E-state index contributed by atoms with van der Waals surface area (Å²) in [7, 11) is 0. The molecule has 3 heteroatoms. The second-order valence-corrected chi connectivity index (χ2v) is 6.08. The highest BCUT2D eigenvalue weighted by Gasteiger charge is 2.25. The van der Waals surface area contributed by atoms with E-state index in [9.17, 15) is 9.59 Å². The van der Waals surface area contributed by atoms with Gasteiger partial charge in [-0.1, -0.05) is 18.2 Å². The van der Waals surface area contributed by atoms with Crippen molar-refractivity contribution < 1.29 is 0 Å². The molecular formula is C16H19NO2. The van der Waals surface area contributed by atoms with Crippen LogP contribution in [-0.4, -0.2) is 5.54 Å². The Morgan fingerprint density at radius 1 is 0.947 bits per heavy atom. The van der Waals surface area contributed by atoms with Crippen LogP contribution in [0.1, 0.15) is 31.9 Å². The van der Waals surface area contributed by atoms with Gasteiger partial charge in [0, 0.05) is 5.54 Å². The molecule has 2 aromatic rings. The van der Waals surface area contributed by atoms with E-state index in [1.807, 2.05) is 52.8 Å². The van der Waals surface area contributed by atoms with Crippen LogP contribution < -0.4 is 16.2 Å². The van der Waals surface area contributed by atoms with Gasteiger partial charge in [0.25, 0.3) is 0 Å². The number of anilines is 1. The van der Waals surface area contributed by atoms with Gasteiger partial charge in [0.2, 0.25) is 10.9 Å². The zero-order valence-corrected chi connectivity index (χ0v) is 12.0. The van der Waals surface area contributed by atoms with Gasteiger partial charge in [0.15, 0.2) is 0 Å². The second-order valence-electron chi connectivity index (χ2n) is 6.08. The van der Waals surface area contributed by atoms with E-state index in [4.69, 9.17) is 0 Å². The van der Waals surface area contributed by atoms with Crippen LogP contribution in [0.25, 0.3) is 11.1 Å². The van der Waals surface area contributed by atoms with E-state index in [0.717, 1.165) is 11.1 Å². The molecule has 2 aromatic carbocycles. The molecule has 3 nitrogen and oxygen atoms in total. The molecule has 0 spiro atoms. The van der Waals surface area contributed by atoms with Crippen LogP contribution in [0.3, 0.4) is 0 Å². The van der Waals surface area contributed by atoms with Crippen molar-refractivity contribution in [1.82, 2.24) is 0 Å². The Morgan fingerprint density at radius 2 is 1.58 bits per heavy atom. The summed E-state index contributed by atoms with van der Waals surface area (Å²) in [6, 6.07) is 5.83. The molecule has 1 N–H and O–H groups in total. The summed E-state index contributed by atoms with van der Waals surface area (Å²) in [5, 5.41) is 3.13. The molecule has 0 aliphatic rings. The zero-order chi connectivity index (χ0) is 14.4. The quantitative estimate of drug-likeness (QED) is 0.841.